The second-order valence-electron chi connectivity index (χ2n) is 5.51. The number of hydrogen-bond acceptors (Lipinski definition) is 3. The van der Waals surface area contributed by atoms with Gasteiger partial charge in [0.2, 0.25) is 5.82 Å². The maximum absolute atomic E-state index is 11.8. The van der Waals surface area contributed by atoms with E-state index < -0.39 is 0 Å². The van der Waals surface area contributed by atoms with Crippen molar-refractivity contribution in [1.29, 1.82) is 0 Å². The number of hydrogen-bond donors (Lipinski definition) is 2. The molecule has 0 saturated heterocycles. The summed E-state index contributed by atoms with van der Waals surface area (Å²) in [6, 6.07) is 0. The van der Waals surface area contributed by atoms with Crippen LogP contribution in [0.3, 0.4) is 0 Å². The molecule has 18 heavy (non-hydrogen) atoms. The Kier molecular flexibility index (Phi) is 3.30. The molecular weight excluding hydrogens is 228 g/mol. The molecule has 0 atom stereocenters. The fourth-order valence-corrected chi connectivity index (χ4v) is 2.68. The van der Waals surface area contributed by atoms with Gasteiger partial charge in [-0.2, -0.15) is 0 Å². The maximum atomic E-state index is 11.8. The minimum atomic E-state index is -0.142. The lowest BCUT2D eigenvalue weighted by Gasteiger charge is -2.08. The van der Waals surface area contributed by atoms with Crippen molar-refractivity contribution in [2.24, 2.45) is 5.92 Å². The first-order chi connectivity index (χ1) is 8.83. The van der Waals surface area contributed by atoms with Crippen LogP contribution in [-0.4, -0.2) is 27.6 Å². The van der Waals surface area contributed by atoms with E-state index in [2.05, 4.69) is 20.5 Å². The molecule has 0 aliphatic heterocycles. The molecule has 0 bridgehead atoms. The van der Waals surface area contributed by atoms with Gasteiger partial charge in [-0.3, -0.25) is 9.89 Å². The average molecular weight is 248 g/mol. The molecule has 1 amide bonds. The van der Waals surface area contributed by atoms with Crippen molar-refractivity contribution in [2.75, 3.05) is 6.54 Å². The summed E-state index contributed by atoms with van der Waals surface area (Å²) < 4.78 is 0. The van der Waals surface area contributed by atoms with Crippen LogP contribution in [0, 0.1) is 5.92 Å². The fourth-order valence-electron chi connectivity index (χ4n) is 2.68. The molecule has 2 saturated carbocycles. The van der Waals surface area contributed by atoms with E-state index in [4.69, 9.17) is 0 Å². The van der Waals surface area contributed by atoms with Gasteiger partial charge in [0.1, 0.15) is 5.82 Å². The van der Waals surface area contributed by atoms with Crippen LogP contribution in [0.1, 0.15) is 67.3 Å². The van der Waals surface area contributed by atoms with E-state index in [1.54, 1.807) is 0 Å². The number of H-pyrrole nitrogens is 1. The van der Waals surface area contributed by atoms with E-state index in [1.807, 2.05) is 0 Å². The topological polar surface area (TPSA) is 70.7 Å². The monoisotopic (exact) mass is 248 g/mol. The molecule has 2 aliphatic carbocycles. The van der Waals surface area contributed by atoms with Crippen LogP contribution in [0.4, 0.5) is 0 Å². The number of carbonyl (C=O) groups is 1. The van der Waals surface area contributed by atoms with Crippen molar-refractivity contribution < 1.29 is 4.79 Å². The van der Waals surface area contributed by atoms with E-state index in [9.17, 15) is 4.79 Å². The standard InChI is InChI=1S/C13H20N4O/c18-13(14-8-7-9-3-1-2-4-9)12-15-11(16-17-12)10-5-6-10/h9-10H,1-8H2,(H,14,18)(H,15,16,17). The quantitative estimate of drug-likeness (QED) is 0.837. The first-order valence-corrected chi connectivity index (χ1v) is 7.03. The number of amides is 1. The predicted molar refractivity (Wildman–Crippen MR) is 67.3 cm³/mol. The van der Waals surface area contributed by atoms with Gasteiger partial charge in [-0.1, -0.05) is 25.7 Å². The van der Waals surface area contributed by atoms with Crippen molar-refractivity contribution in [1.82, 2.24) is 20.5 Å². The van der Waals surface area contributed by atoms with Crippen LogP contribution in [0.2, 0.25) is 0 Å². The molecule has 3 rings (SSSR count). The highest BCUT2D eigenvalue weighted by Crippen LogP contribution is 2.37. The number of aromatic amines is 1. The second-order valence-corrected chi connectivity index (χ2v) is 5.51. The summed E-state index contributed by atoms with van der Waals surface area (Å²) in [5.74, 6) is 2.34. The molecule has 0 aromatic carbocycles. The van der Waals surface area contributed by atoms with Gasteiger partial charge < -0.3 is 5.32 Å². The Labute approximate surface area is 107 Å². The first-order valence-electron chi connectivity index (χ1n) is 7.03. The molecule has 1 aromatic rings. The SMILES string of the molecule is O=C(NCCC1CCCC1)c1n[nH]c(C2CC2)n1. The summed E-state index contributed by atoms with van der Waals surface area (Å²) in [5.41, 5.74) is 0. The van der Waals surface area contributed by atoms with Crippen LogP contribution < -0.4 is 5.32 Å². The highest BCUT2D eigenvalue weighted by molar-refractivity contribution is 5.90. The summed E-state index contributed by atoms with van der Waals surface area (Å²) in [4.78, 5) is 16.1. The van der Waals surface area contributed by atoms with Crippen LogP contribution in [-0.2, 0) is 0 Å². The highest BCUT2D eigenvalue weighted by Gasteiger charge is 2.28. The molecule has 2 aliphatic rings. The average Bonchev–Trinajstić information content (AvgIpc) is 2.92. The van der Waals surface area contributed by atoms with E-state index >= 15 is 0 Å². The molecule has 2 fully saturated rings. The Morgan fingerprint density at radius 1 is 1.28 bits per heavy atom. The lowest BCUT2D eigenvalue weighted by Crippen LogP contribution is -2.26. The van der Waals surface area contributed by atoms with Crippen LogP contribution in [0.5, 0.6) is 0 Å². The van der Waals surface area contributed by atoms with E-state index in [0.717, 1.165) is 37.5 Å². The predicted octanol–water partition coefficient (Wildman–Crippen LogP) is 1.99. The van der Waals surface area contributed by atoms with E-state index in [1.165, 1.54) is 25.7 Å². The molecule has 5 heteroatoms. The molecular formula is C13H20N4O. The number of aromatic nitrogens is 3. The zero-order valence-electron chi connectivity index (χ0n) is 10.6. The van der Waals surface area contributed by atoms with Crippen molar-refractivity contribution in [3.8, 4) is 0 Å². The summed E-state index contributed by atoms with van der Waals surface area (Å²) in [6.07, 6.45) is 8.76. The summed E-state index contributed by atoms with van der Waals surface area (Å²) in [6.45, 7) is 0.747. The third-order valence-electron chi connectivity index (χ3n) is 3.98. The van der Waals surface area contributed by atoms with Gasteiger partial charge >= 0.3 is 0 Å². The molecule has 1 aromatic heterocycles. The van der Waals surface area contributed by atoms with Crippen LogP contribution in [0.15, 0.2) is 0 Å². The zero-order valence-corrected chi connectivity index (χ0v) is 10.6. The normalized spacial score (nSPS) is 20.2. The number of rotatable bonds is 5. The van der Waals surface area contributed by atoms with Crippen molar-refractivity contribution in [2.45, 2.75) is 50.9 Å². The van der Waals surface area contributed by atoms with Gasteiger partial charge in [-0.05, 0) is 25.2 Å². The minimum Gasteiger partial charge on any atom is -0.349 e. The Hall–Kier alpha value is -1.39. The van der Waals surface area contributed by atoms with Gasteiger partial charge in [0, 0.05) is 12.5 Å². The van der Waals surface area contributed by atoms with E-state index in [-0.39, 0.29) is 5.91 Å². The summed E-state index contributed by atoms with van der Waals surface area (Å²) >= 11 is 0. The van der Waals surface area contributed by atoms with Crippen LogP contribution in [0.25, 0.3) is 0 Å². The van der Waals surface area contributed by atoms with Gasteiger partial charge in [-0.15, -0.1) is 5.10 Å². The molecule has 2 N–H and O–H groups in total. The van der Waals surface area contributed by atoms with Crippen molar-refractivity contribution in [3.05, 3.63) is 11.6 Å². The van der Waals surface area contributed by atoms with Crippen LogP contribution >= 0.6 is 0 Å². The minimum absolute atomic E-state index is 0.142. The van der Waals surface area contributed by atoms with Crippen molar-refractivity contribution in [3.63, 3.8) is 0 Å². The lowest BCUT2D eigenvalue weighted by atomic mass is 10.0. The number of nitrogens with one attached hydrogen (secondary N) is 2. The third kappa shape index (κ3) is 2.71. The molecule has 5 nitrogen and oxygen atoms in total. The van der Waals surface area contributed by atoms with Gasteiger partial charge in [0.05, 0.1) is 0 Å². The molecule has 0 unspecified atom stereocenters. The highest BCUT2D eigenvalue weighted by atomic mass is 16.2. The smallest absolute Gasteiger partial charge is 0.290 e. The largest absolute Gasteiger partial charge is 0.349 e. The second kappa shape index (κ2) is 5.08. The Balaban J connectivity index is 1.44. The van der Waals surface area contributed by atoms with Gasteiger partial charge in [-0.25, -0.2) is 4.98 Å². The summed E-state index contributed by atoms with van der Waals surface area (Å²) in [5, 5.41) is 9.75. The Morgan fingerprint density at radius 2 is 2.06 bits per heavy atom. The maximum Gasteiger partial charge on any atom is 0.290 e. The fraction of sp³-hybridized carbons (Fsp3) is 0.769. The Bertz CT molecular complexity index is 418. The number of carbonyl (C=O) groups excluding carboxylic acids is 1. The number of nitrogens with zero attached hydrogens (tertiary/aromatic N) is 2. The third-order valence-corrected chi connectivity index (χ3v) is 3.98. The molecule has 0 radical (unpaired) electrons. The van der Waals surface area contributed by atoms with Gasteiger partial charge in [0.25, 0.3) is 5.91 Å². The first kappa shape index (κ1) is 11.7. The summed E-state index contributed by atoms with van der Waals surface area (Å²) in [7, 11) is 0. The Morgan fingerprint density at radius 3 is 2.78 bits per heavy atom. The molecule has 0 spiro atoms. The lowest BCUT2D eigenvalue weighted by molar-refractivity contribution is 0.0941. The van der Waals surface area contributed by atoms with E-state index in [0.29, 0.717) is 11.7 Å². The molecule has 98 valence electrons. The van der Waals surface area contributed by atoms with Crippen molar-refractivity contribution >= 4 is 5.91 Å². The zero-order chi connectivity index (χ0) is 12.4. The van der Waals surface area contributed by atoms with Gasteiger partial charge in [0.15, 0.2) is 0 Å². The molecule has 1 heterocycles.